The summed E-state index contributed by atoms with van der Waals surface area (Å²) in [5.74, 6) is -0.212. The Morgan fingerprint density at radius 3 is 2.48 bits per heavy atom. The van der Waals surface area contributed by atoms with E-state index in [0.29, 0.717) is 5.69 Å². The van der Waals surface area contributed by atoms with E-state index in [2.05, 4.69) is 25.4 Å². The van der Waals surface area contributed by atoms with Crippen molar-refractivity contribution < 1.29 is 4.79 Å². The highest BCUT2D eigenvalue weighted by molar-refractivity contribution is 5.92. The van der Waals surface area contributed by atoms with Crippen molar-refractivity contribution in [2.24, 2.45) is 0 Å². The van der Waals surface area contributed by atoms with Crippen LogP contribution in [0.25, 0.3) is 11.3 Å². The maximum absolute atomic E-state index is 12.4. The van der Waals surface area contributed by atoms with Gasteiger partial charge in [0.25, 0.3) is 11.5 Å². The summed E-state index contributed by atoms with van der Waals surface area (Å²) in [4.78, 5) is 37.0. The largest absolute Gasteiger partial charge is 0.348 e. The lowest BCUT2D eigenvalue weighted by atomic mass is 9.91. The molecule has 0 atom stereocenters. The fourth-order valence-electron chi connectivity index (χ4n) is 3.60. The quantitative estimate of drug-likeness (QED) is 0.733. The molecule has 4 rings (SSSR count). The molecule has 0 spiro atoms. The number of pyridine rings is 1. The lowest BCUT2D eigenvalue weighted by molar-refractivity contribution is 0.0916. The number of aryl methyl sites for hydroxylation is 1. The fourth-order valence-corrected chi connectivity index (χ4v) is 3.60. The third-order valence-electron chi connectivity index (χ3n) is 5.19. The van der Waals surface area contributed by atoms with E-state index >= 15 is 0 Å². The summed E-state index contributed by atoms with van der Waals surface area (Å²) in [6.45, 7) is 1.83. The topological polar surface area (TPSA) is 103 Å². The van der Waals surface area contributed by atoms with Crippen molar-refractivity contribution in [1.29, 1.82) is 0 Å². The lowest BCUT2D eigenvalue weighted by Crippen LogP contribution is -2.40. The molecule has 3 aromatic heterocycles. The second-order valence-corrected chi connectivity index (χ2v) is 7.26. The van der Waals surface area contributed by atoms with Crippen molar-refractivity contribution in [1.82, 2.24) is 30.0 Å². The van der Waals surface area contributed by atoms with E-state index in [1.54, 1.807) is 35.4 Å². The van der Waals surface area contributed by atoms with Crippen molar-refractivity contribution in [3.63, 3.8) is 0 Å². The summed E-state index contributed by atoms with van der Waals surface area (Å²) in [5, 5.41) is 7.60. The van der Waals surface area contributed by atoms with Crippen LogP contribution in [0.4, 0.5) is 0 Å². The van der Waals surface area contributed by atoms with Crippen LogP contribution in [0.15, 0.2) is 53.8 Å². The van der Waals surface area contributed by atoms with Crippen molar-refractivity contribution in [2.45, 2.75) is 44.7 Å². The Kier molecular flexibility index (Phi) is 5.41. The zero-order valence-electron chi connectivity index (χ0n) is 16.2. The molecule has 1 fully saturated rings. The summed E-state index contributed by atoms with van der Waals surface area (Å²) < 4.78 is 1.58. The van der Waals surface area contributed by atoms with E-state index in [9.17, 15) is 9.59 Å². The van der Waals surface area contributed by atoms with Crippen LogP contribution >= 0.6 is 0 Å². The fraction of sp³-hybridized carbons (Fsp3) is 0.333. The van der Waals surface area contributed by atoms with Crippen LogP contribution in [0.3, 0.4) is 0 Å². The second-order valence-electron chi connectivity index (χ2n) is 7.26. The van der Waals surface area contributed by atoms with Gasteiger partial charge < -0.3 is 5.32 Å². The Morgan fingerprint density at radius 1 is 1.03 bits per heavy atom. The first-order chi connectivity index (χ1) is 14.1. The summed E-state index contributed by atoms with van der Waals surface area (Å²) in [6, 6.07) is 7.13. The molecule has 29 heavy (non-hydrogen) atoms. The van der Waals surface area contributed by atoms with Crippen LogP contribution < -0.4 is 10.9 Å². The number of nitrogens with one attached hydrogen (secondary N) is 1. The summed E-state index contributed by atoms with van der Waals surface area (Å²) >= 11 is 0. The molecule has 3 heterocycles. The smallest absolute Gasteiger partial charge is 0.271 e. The number of hydrogen-bond acceptors (Lipinski definition) is 6. The van der Waals surface area contributed by atoms with Gasteiger partial charge in [-0.15, -0.1) is 0 Å². The van der Waals surface area contributed by atoms with Gasteiger partial charge in [-0.1, -0.05) is 0 Å². The number of amides is 1. The Bertz CT molecular complexity index is 1040. The first-order valence-corrected chi connectivity index (χ1v) is 9.70. The molecule has 8 nitrogen and oxygen atoms in total. The maximum Gasteiger partial charge on any atom is 0.271 e. The predicted octanol–water partition coefficient (Wildman–Crippen LogP) is 2.32. The number of carbonyl (C=O) groups is 1. The average Bonchev–Trinajstić information content (AvgIpc) is 2.76. The second kappa shape index (κ2) is 8.30. The molecule has 1 saturated carbocycles. The minimum Gasteiger partial charge on any atom is -0.348 e. The van der Waals surface area contributed by atoms with Crippen molar-refractivity contribution >= 4 is 5.91 Å². The van der Waals surface area contributed by atoms with Gasteiger partial charge in [0, 0.05) is 36.3 Å². The molecule has 0 bridgehead atoms. The predicted molar refractivity (Wildman–Crippen MR) is 107 cm³/mol. The highest BCUT2D eigenvalue weighted by atomic mass is 16.2. The van der Waals surface area contributed by atoms with Crippen molar-refractivity contribution in [2.75, 3.05) is 0 Å². The van der Waals surface area contributed by atoms with Gasteiger partial charge in [0.2, 0.25) is 0 Å². The number of aromatic nitrogens is 5. The molecule has 0 aromatic carbocycles. The van der Waals surface area contributed by atoms with Crippen LogP contribution in [-0.2, 0) is 0 Å². The Balaban J connectivity index is 1.41. The van der Waals surface area contributed by atoms with Crippen LogP contribution in [-0.4, -0.2) is 36.7 Å². The van der Waals surface area contributed by atoms with Crippen molar-refractivity contribution in [3.8, 4) is 11.3 Å². The summed E-state index contributed by atoms with van der Waals surface area (Å²) in [6.07, 6.45) is 9.60. The highest BCUT2D eigenvalue weighted by Gasteiger charge is 2.25. The third-order valence-corrected chi connectivity index (χ3v) is 5.19. The molecular formula is C21H22N6O2. The molecule has 1 amide bonds. The molecule has 0 unspecified atom stereocenters. The molecule has 3 aromatic rings. The van der Waals surface area contributed by atoms with Crippen LogP contribution in [0, 0.1) is 6.92 Å². The zero-order chi connectivity index (χ0) is 20.2. The minimum atomic E-state index is -0.212. The minimum absolute atomic E-state index is 0.0246. The Morgan fingerprint density at radius 2 is 1.79 bits per heavy atom. The lowest BCUT2D eigenvalue weighted by Gasteiger charge is -2.29. The van der Waals surface area contributed by atoms with Gasteiger partial charge in [-0.25, -0.2) is 9.67 Å². The number of hydrogen-bond donors (Lipinski definition) is 1. The monoisotopic (exact) mass is 390 g/mol. The first-order valence-electron chi connectivity index (χ1n) is 9.70. The van der Waals surface area contributed by atoms with E-state index in [0.717, 1.165) is 42.6 Å². The first kappa shape index (κ1) is 18.9. The van der Waals surface area contributed by atoms with Crippen LogP contribution in [0.2, 0.25) is 0 Å². The molecule has 148 valence electrons. The maximum atomic E-state index is 12.4. The van der Waals surface area contributed by atoms with Gasteiger partial charge in [0.05, 0.1) is 23.6 Å². The van der Waals surface area contributed by atoms with E-state index in [1.807, 2.05) is 19.1 Å². The molecule has 1 N–H and O–H groups in total. The molecule has 1 aliphatic carbocycles. The molecule has 8 heteroatoms. The normalized spacial score (nSPS) is 18.9. The van der Waals surface area contributed by atoms with Gasteiger partial charge in [-0.2, -0.15) is 5.10 Å². The molecular weight excluding hydrogens is 368 g/mol. The van der Waals surface area contributed by atoms with E-state index < -0.39 is 0 Å². The number of carbonyl (C=O) groups excluding carboxylic acids is 1. The van der Waals surface area contributed by atoms with Gasteiger partial charge in [0.1, 0.15) is 5.69 Å². The van der Waals surface area contributed by atoms with Crippen molar-refractivity contribution in [3.05, 3.63) is 70.8 Å². The van der Waals surface area contributed by atoms with Gasteiger partial charge >= 0.3 is 0 Å². The van der Waals surface area contributed by atoms with Crippen LogP contribution in [0.1, 0.15) is 47.9 Å². The molecule has 0 aliphatic heterocycles. The van der Waals surface area contributed by atoms with E-state index in [4.69, 9.17) is 0 Å². The molecule has 0 saturated heterocycles. The Hall–Kier alpha value is -3.42. The standard InChI is InChI=1S/C21H22N6O2/c1-14-12-24-19(13-23-14)21(29)25-16-2-4-17(5-3-16)27-20(28)7-6-18(26-27)15-8-10-22-11-9-15/h6-13,16-17H,2-5H2,1H3,(H,25,29). The van der Waals surface area contributed by atoms with Gasteiger partial charge in [-0.3, -0.25) is 19.6 Å². The third kappa shape index (κ3) is 4.37. The Labute approximate surface area is 168 Å². The van der Waals surface area contributed by atoms with Gasteiger partial charge in [-0.05, 0) is 50.8 Å². The molecule has 0 radical (unpaired) electrons. The van der Waals surface area contributed by atoms with E-state index in [-0.39, 0.29) is 23.6 Å². The SMILES string of the molecule is Cc1cnc(C(=O)NC2CCC(n3nc(-c4ccncc4)ccc3=O)CC2)cn1. The molecule has 1 aliphatic rings. The highest BCUT2D eigenvalue weighted by Crippen LogP contribution is 2.27. The summed E-state index contributed by atoms with van der Waals surface area (Å²) in [7, 11) is 0. The van der Waals surface area contributed by atoms with Crippen LogP contribution in [0.5, 0.6) is 0 Å². The zero-order valence-corrected chi connectivity index (χ0v) is 16.2. The number of nitrogens with zero attached hydrogens (tertiary/aromatic N) is 5. The number of rotatable bonds is 4. The average molecular weight is 390 g/mol. The van der Waals surface area contributed by atoms with E-state index in [1.165, 1.54) is 6.20 Å². The summed E-state index contributed by atoms with van der Waals surface area (Å²) in [5.41, 5.74) is 2.66. The van der Waals surface area contributed by atoms with Gasteiger partial charge in [0.15, 0.2) is 0 Å².